The van der Waals surface area contributed by atoms with Crippen LogP contribution in [0.2, 0.25) is 0 Å². The minimum absolute atomic E-state index is 0.117. The lowest BCUT2D eigenvalue weighted by molar-refractivity contribution is -0.0373. The van der Waals surface area contributed by atoms with Gasteiger partial charge in [-0.1, -0.05) is 67.7 Å². The molecule has 3 fully saturated rings. The average molecular weight is 595 g/mol. The van der Waals surface area contributed by atoms with E-state index in [9.17, 15) is 9.59 Å². The van der Waals surface area contributed by atoms with Crippen molar-refractivity contribution in [2.24, 2.45) is 35.5 Å². The highest BCUT2D eigenvalue weighted by Gasteiger charge is 2.36. The average Bonchev–Trinajstić information content (AvgIpc) is 2.93. The van der Waals surface area contributed by atoms with Crippen LogP contribution in [0.3, 0.4) is 0 Å². The van der Waals surface area contributed by atoms with Gasteiger partial charge in [0.2, 0.25) is 0 Å². The molecule has 246 valence electrons. The van der Waals surface area contributed by atoms with Gasteiger partial charge in [-0.05, 0) is 93.8 Å². The first-order valence-electron chi connectivity index (χ1n) is 17.6. The molecule has 3 aliphatic rings. The Bertz CT molecular complexity index is 734. The van der Waals surface area contributed by atoms with E-state index in [4.69, 9.17) is 14.2 Å². The van der Waals surface area contributed by atoms with E-state index in [2.05, 4.69) is 48.5 Å². The zero-order valence-electron chi connectivity index (χ0n) is 28.6. The summed E-state index contributed by atoms with van der Waals surface area (Å²) >= 11 is 0. The topological polar surface area (TPSA) is 68.3 Å². The van der Waals surface area contributed by atoms with Crippen LogP contribution in [0.4, 0.5) is 9.59 Å². The SMILES string of the molecule is CCCC1CCCC(CCC)C1OC(=O)N1CCOCC1.CCN(CC(C)C)C(=O)OC1CC(C)CC(CC(C)C)C1. The lowest BCUT2D eigenvalue weighted by atomic mass is 9.75. The molecule has 7 nitrogen and oxygen atoms in total. The van der Waals surface area contributed by atoms with Gasteiger partial charge in [-0.25, -0.2) is 9.59 Å². The Morgan fingerprint density at radius 3 is 2.02 bits per heavy atom. The normalized spacial score (nSPS) is 28.2. The Morgan fingerprint density at radius 1 is 0.881 bits per heavy atom. The van der Waals surface area contributed by atoms with Crippen LogP contribution in [0.5, 0.6) is 0 Å². The van der Waals surface area contributed by atoms with Crippen molar-refractivity contribution in [2.45, 2.75) is 138 Å². The van der Waals surface area contributed by atoms with Crippen molar-refractivity contribution in [3.8, 4) is 0 Å². The predicted octanol–water partition coefficient (Wildman–Crippen LogP) is 8.79. The second-order valence-corrected chi connectivity index (χ2v) is 14.2. The maximum Gasteiger partial charge on any atom is 0.410 e. The van der Waals surface area contributed by atoms with Gasteiger partial charge in [0.1, 0.15) is 12.2 Å². The van der Waals surface area contributed by atoms with Gasteiger partial charge in [-0.2, -0.15) is 0 Å². The van der Waals surface area contributed by atoms with E-state index < -0.39 is 0 Å². The first kappa shape index (κ1) is 36.7. The molecule has 0 spiro atoms. The largest absolute Gasteiger partial charge is 0.446 e. The maximum atomic E-state index is 12.4. The standard InChI is InChI=1S/C18H35NO2.C17H31NO3/c1-7-19(12-14(4)5)18(20)21-17-10-15(6)9-16(11-17)8-13(2)3;1-3-6-14-8-5-9-15(7-4-2)16(14)21-17(19)18-10-12-20-13-11-18/h13-17H,7-12H2,1-6H3;14-16H,3-13H2,1-2H3. The minimum atomic E-state index is -0.118. The highest BCUT2D eigenvalue weighted by atomic mass is 16.6. The van der Waals surface area contributed by atoms with Crippen molar-refractivity contribution in [3.05, 3.63) is 0 Å². The molecule has 1 heterocycles. The van der Waals surface area contributed by atoms with Gasteiger partial charge in [0.15, 0.2) is 0 Å². The van der Waals surface area contributed by atoms with Gasteiger partial charge < -0.3 is 24.0 Å². The van der Waals surface area contributed by atoms with Crippen LogP contribution in [-0.4, -0.2) is 73.6 Å². The first-order chi connectivity index (χ1) is 20.1. The molecule has 0 aromatic carbocycles. The zero-order chi connectivity index (χ0) is 31.1. The number of nitrogens with zero attached hydrogens (tertiary/aromatic N) is 2. The van der Waals surface area contributed by atoms with E-state index in [0.717, 1.165) is 31.8 Å². The number of rotatable bonds is 11. The van der Waals surface area contributed by atoms with Crippen LogP contribution in [0.1, 0.15) is 126 Å². The fraction of sp³-hybridized carbons (Fsp3) is 0.943. The van der Waals surface area contributed by atoms with Gasteiger partial charge >= 0.3 is 12.2 Å². The number of ether oxygens (including phenoxy) is 3. The summed E-state index contributed by atoms with van der Waals surface area (Å²) in [4.78, 5) is 28.4. The Balaban J connectivity index is 0.000000293. The molecule has 0 aromatic heterocycles. The molecule has 5 atom stereocenters. The van der Waals surface area contributed by atoms with E-state index in [1.54, 1.807) is 0 Å². The van der Waals surface area contributed by atoms with E-state index in [1.165, 1.54) is 57.8 Å². The van der Waals surface area contributed by atoms with Gasteiger partial charge in [-0.15, -0.1) is 0 Å². The molecular formula is C35H66N2O5. The molecule has 2 saturated carbocycles. The molecule has 0 radical (unpaired) electrons. The molecule has 1 aliphatic heterocycles. The maximum absolute atomic E-state index is 12.4. The van der Waals surface area contributed by atoms with Crippen LogP contribution in [0.25, 0.3) is 0 Å². The smallest absolute Gasteiger partial charge is 0.410 e. The van der Waals surface area contributed by atoms with Crippen molar-refractivity contribution in [2.75, 3.05) is 39.4 Å². The molecule has 0 aromatic rings. The third kappa shape index (κ3) is 13.0. The summed E-state index contributed by atoms with van der Waals surface area (Å²) in [7, 11) is 0. The van der Waals surface area contributed by atoms with Crippen molar-refractivity contribution in [1.82, 2.24) is 9.80 Å². The third-order valence-electron chi connectivity index (χ3n) is 9.20. The van der Waals surface area contributed by atoms with E-state index in [-0.39, 0.29) is 24.4 Å². The van der Waals surface area contributed by atoms with Crippen LogP contribution in [0.15, 0.2) is 0 Å². The Hall–Kier alpha value is -1.50. The zero-order valence-corrected chi connectivity index (χ0v) is 28.6. The van der Waals surface area contributed by atoms with Gasteiger partial charge in [0.25, 0.3) is 0 Å². The Labute approximate surface area is 258 Å². The summed E-state index contributed by atoms with van der Waals surface area (Å²) in [5.74, 6) is 3.71. The van der Waals surface area contributed by atoms with Crippen LogP contribution in [-0.2, 0) is 14.2 Å². The quantitative estimate of drug-likeness (QED) is 0.239. The predicted molar refractivity (Wildman–Crippen MR) is 172 cm³/mol. The van der Waals surface area contributed by atoms with Gasteiger partial charge in [0.05, 0.1) is 13.2 Å². The Kier molecular flexibility index (Phi) is 17.2. The molecule has 1 saturated heterocycles. The summed E-state index contributed by atoms with van der Waals surface area (Å²) in [6, 6.07) is 0. The highest BCUT2D eigenvalue weighted by molar-refractivity contribution is 5.68. The van der Waals surface area contributed by atoms with E-state index in [0.29, 0.717) is 55.9 Å². The van der Waals surface area contributed by atoms with Crippen molar-refractivity contribution < 1.29 is 23.8 Å². The summed E-state index contributed by atoms with van der Waals surface area (Å²) in [5, 5.41) is 0. The number of carbonyl (C=O) groups excluding carboxylic acids is 2. The molecule has 3 rings (SSSR count). The summed E-state index contributed by atoms with van der Waals surface area (Å²) in [5.41, 5.74) is 0. The summed E-state index contributed by atoms with van der Waals surface area (Å²) < 4.78 is 17.1. The number of amides is 2. The van der Waals surface area contributed by atoms with Crippen LogP contribution < -0.4 is 0 Å². The molecule has 2 amide bonds. The number of hydrogen-bond acceptors (Lipinski definition) is 5. The lowest BCUT2D eigenvalue weighted by Gasteiger charge is -2.39. The van der Waals surface area contributed by atoms with E-state index in [1.807, 2.05) is 16.7 Å². The van der Waals surface area contributed by atoms with Crippen molar-refractivity contribution in [1.29, 1.82) is 0 Å². The second kappa shape index (κ2) is 19.7. The summed E-state index contributed by atoms with van der Waals surface area (Å²) in [6.07, 6.45) is 13.1. The number of carbonyl (C=O) groups is 2. The number of morpholine rings is 1. The minimum Gasteiger partial charge on any atom is -0.446 e. The van der Waals surface area contributed by atoms with Gasteiger partial charge in [0, 0.05) is 26.2 Å². The monoisotopic (exact) mass is 594 g/mol. The van der Waals surface area contributed by atoms with E-state index >= 15 is 0 Å². The van der Waals surface area contributed by atoms with Gasteiger partial charge in [-0.3, -0.25) is 0 Å². The second-order valence-electron chi connectivity index (χ2n) is 14.2. The molecule has 42 heavy (non-hydrogen) atoms. The van der Waals surface area contributed by atoms with Crippen molar-refractivity contribution in [3.63, 3.8) is 0 Å². The Morgan fingerprint density at radius 2 is 1.50 bits per heavy atom. The third-order valence-corrected chi connectivity index (χ3v) is 9.20. The molecule has 2 aliphatic carbocycles. The molecular weight excluding hydrogens is 528 g/mol. The lowest BCUT2D eigenvalue weighted by Crippen LogP contribution is -2.45. The summed E-state index contributed by atoms with van der Waals surface area (Å²) in [6.45, 7) is 21.7. The fourth-order valence-electron chi connectivity index (χ4n) is 7.47. The molecule has 0 bridgehead atoms. The molecule has 0 N–H and O–H groups in total. The first-order valence-corrected chi connectivity index (χ1v) is 17.6. The molecule has 5 unspecified atom stereocenters. The van der Waals surface area contributed by atoms with Crippen molar-refractivity contribution >= 4 is 12.2 Å². The van der Waals surface area contributed by atoms with Crippen LogP contribution >= 0.6 is 0 Å². The molecule has 7 heteroatoms. The highest BCUT2D eigenvalue weighted by Crippen LogP contribution is 2.37. The number of hydrogen-bond donors (Lipinski definition) is 0. The fourth-order valence-corrected chi connectivity index (χ4v) is 7.47. The van der Waals surface area contributed by atoms with Crippen LogP contribution in [0, 0.1) is 35.5 Å².